The van der Waals surface area contributed by atoms with Gasteiger partial charge >= 0.3 is 0 Å². The average molecular weight is 311 g/mol. The van der Waals surface area contributed by atoms with Gasteiger partial charge in [-0.25, -0.2) is 0 Å². The van der Waals surface area contributed by atoms with Crippen LogP contribution in [0.15, 0.2) is 30.5 Å². The molecule has 4 rings (SSSR count). The molecule has 3 atom stereocenters. The number of carbonyl (C=O) groups is 1. The number of methoxy groups -OCH3 is 1. The van der Waals surface area contributed by atoms with E-state index in [1.807, 2.05) is 24.3 Å². The van der Waals surface area contributed by atoms with Crippen molar-refractivity contribution in [2.75, 3.05) is 26.7 Å². The fourth-order valence-corrected chi connectivity index (χ4v) is 3.79. The van der Waals surface area contributed by atoms with E-state index in [9.17, 15) is 4.79 Å². The lowest BCUT2D eigenvalue weighted by Crippen LogP contribution is -2.47. The van der Waals surface area contributed by atoms with Gasteiger partial charge in [-0.15, -0.1) is 0 Å². The van der Waals surface area contributed by atoms with Gasteiger partial charge < -0.3 is 15.0 Å². The summed E-state index contributed by atoms with van der Waals surface area (Å²) in [6.07, 6.45) is 4.10. The Balaban J connectivity index is 1.52. The second kappa shape index (κ2) is 5.81. The van der Waals surface area contributed by atoms with Crippen molar-refractivity contribution < 1.29 is 9.53 Å². The summed E-state index contributed by atoms with van der Waals surface area (Å²) < 4.78 is 5.25. The van der Waals surface area contributed by atoms with Gasteiger partial charge in [-0.05, 0) is 55.0 Å². The van der Waals surface area contributed by atoms with Crippen molar-refractivity contribution in [2.24, 2.45) is 5.92 Å². The number of ether oxygens (including phenoxy) is 1. The van der Waals surface area contributed by atoms with Crippen LogP contribution in [0.3, 0.4) is 0 Å². The molecule has 1 aromatic heterocycles. The van der Waals surface area contributed by atoms with Crippen LogP contribution in [-0.4, -0.2) is 48.6 Å². The Morgan fingerprint density at radius 2 is 2.22 bits per heavy atom. The van der Waals surface area contributed by atoms with Crippen molar-refractivity contribution in [1.82, 2.24) is 15.2 Å². The second-order valence-electron chi connectivity index (χ2n) is 6.60. The van der Waals surface area contributed by atoms with E-state index >= 15 is 0 Å². The van der Waals surface area contributed by atoms with Crippen LogP contribution >= 0.6 is 0 Å². The molecule has 1 unspecified atom stereocenters. The highest BCUT2D eigenvalue weighted by molar-refractivity contribution is 5.96. The van der Waals surface area contributed by atoms with Crippen LogP contribution in [0.2, 0.25) is 0 Å². The maximum atomic E-state index is 12.5. The second-order valence-corrected chi connectivity index (χ2v) is 6.60. The molecule has 0 radical (unpaired) electrons. The Hall–Kier alpha value is -2.14. The third-order valence-electron chi connectivity index (χ3n) is 4.96. The summed E-state index contributed by atoms with van der Waals surface area (Å²) in [5, 5.41) is 5.13. The summed E-state index contributed by atoms with van der Waals surface area (Å²) in [6.45, 7) is 3.33. The Bertz CT molecular complexity index is 734. The van der Waals surface area contributed by atoms with E-state index in [0.717, 1.165) is 35.4 Å². The first kappa shape index (κ1) is 14.5. The van der Waals surface area contributed by atoms with Crippen molar-refractivity contribution in [2.45, 2.75) is 18.9 Å². The number of amides is 1. The van der Waals surface area contributed by atoms with E-state index in [2.05, 4.69) is 15.2 Å². The number of hydrogen-bond acceptors (Lipinski definition) is 4. The summed E-state index contributed by atoms with van der Waals surface area (Å²) in [4.78, 5) is 19.3. The molecule has 2 aliphatic heterocycles. The summed E-state index contributed by atoms with van der Waals surface area (Å²) in [7, 11) is 1.64. The summed E-state index contributed by atoms with van der Waals surface area (Å²) >= 11 is 0. The molecule has 23 heavy (non-hydrogen) atoms. The van der Waals surface area contributed by atoms with Gasteiger partial charge in [-0.3, -0.25) is 9.78 Å². The van der Waals surface area contributed by atoms with Crippen LogP contribution in [0.1, 0.15) is 23.3 Å². The Morgan fingerprint density at radius 1 is 1.30 bits per heavy atom. The number of nitrogens with one attached hydrogen (secondary N) is 1. The van der Waals surface area contributed by atoms with E-state index in [0.29, 0.717) is 5.69 Å². The molecular weight excluding hydrogens is 290 g/mol. The maximum Gasteiger partial charge on any atom is 0.270 e. The number of fused-ring (bicyclic) bond motifs is 3. The average Bonchev–Trinajstić information content (AvgIpc) is 2.92. The Kier molecular flexibility index (Phi) is 3.65. The number of piperidine rings is 1. The largest absolute Gasteiger partial charge is 0.497 e. The fourth-order valence-electron chi connectivity index (χ4n) is 3.79. The van der Waals surface area contributed by atoms with Crippen molar-refractivity contribution in [3.63, 3.8) is 0 Å². The number of benzene rings is 1. The van der Waals surface area contributed by atoms with Crippen LogP contribution in [-0.2, 0) is 0 Å². The zero-order valence-electron chi connectivity index (χ0n) is 13.3. The molecule has 120 valence electrons. The van der Waals surface area contributed by atoms with Crippen molar-refractivity contribution in [3.05, 3.63) is 36.2 Å². The van der Waals surface area contributed by atoms with E-state index in [4.69, 9.17) is 4.74 Å². The zero-order chi connectivity index (χ0) is 15.8. The lowest BCUT2D eigenvalue weighted by Gasteiger charge is -2.30. The quantitative estimate of drug-likeness (QED) is 0.943. The molecule has 0 saturated carbocycles. The van der Waals surface area contributed by atoms with Gasteiger partial charge in [0, 0.05) is 30.7 Å². The highest BCUT2D eigenvalue weighted by atomic mass is 16.5. The SMILES string of the molecule is COc1ccc2cnc(C(=O)N[C@@H]3C[C@H]4CCN(C4)C3)cc2c1. The van der Waals surface area contributed by atoms with Crippen molar-refractivity contribution in [3.8, 4) is 5.75 Å². The summed E-state index contributed by atoms with van der Waals surface area (Å²) in [5.74, 6) is 1.44. The molecule has 5 heteroatoms. The van der Waals surface area contributed by atoms with Crippen molar-refractivity contribution in [1.29, 1.82) is 0 Å². The zero-order valence-corrected chi connectivity index (χ0v) is 13.3. The first-order valence-corrected chi connectivity index (χ1v) is 8.18. The minimum absolute atomic E-state index is 0.0813. The minimum atomic E-state index is -0.0813. The van der Waals surface area contributed by atoms with Gasteiger partial charge in [0.15, 0.2) is 0 Å². The van der Waals surface area contributed by atoms with Gasteiger partial charge in [0.1, 0.15) is 11.4 Å². The summed E-state index contributed by atoms with van der Waals surface area (Å²) in [6, 6.07) is 7.86. The minimum Gasteiger partial charge on any atom is -0.497 e. The third-order valence-corrected chi connectivity index (χ3v) is 4.96. The maximum absolute atomic E-state index is 12.5. The predicted molar refractivity (Wildman–Crippen MR) is 88.7 cm³/mol. The molecule has 5 nitrogen and oxygen atoms in total. The third kappa shape index (κ3) is 2.88. The molecule has 2 fully saturated rings. The van der Waals surface area contributed by atoms with Gasteiger partial charge in [0.25, 0.3) is 5.91 Å². The Morgan fingerprint density at radius 3 is 3.04 bits per heavy atom. The molecule has 0 spiro atoms. The standard InChI is InChI=1S/C18H21N3O2/c1-23-16-3-2-13-9-19-17(8-14(13)7-16)18(22)20-15-6-12-4-5-21(10-12)11-15/h2-3,7-9,12,15H,4-6,10-11H2,1H3,(H,20,22)/t12-,15-/m1/s1. The van der Waals surface area contributed by atoms with E-state index < -0.39 is 0 Å². The number of aromatic nitrogens is 1. The van der Waals surface area contributed by atoms with Gasteiger partial charge in [-0.1, -0.05) is 0 Å². The lowest BCUT2D eigenvalue weighted by molar-refractivity contribution is 0.0904. The van der Waals surface area contributed by atoms with Gasteiger partial charge in [0.2, 0.25) is 0 Å². The highest BCUT2D eigenvalue weighted by Gasteiger charge is 2.33. The number of nitrogens with zero attached hydrogens (tertiary/aromatic N) is 2. The topological polar surface area (TPSA) is 54.5 Å². The molecule has 1 N–H and O–H groups in total. The highest BCUT2D eigenvalue weighted by Crippen LogP contribution is 2.27. The molecule has 2 aliphatic rings. The summed E-state index contributed by atoms with van der Waals surface area (Å²) in [5.41, 5.74) is 0.471. The van der Waals surface area contributed by atoms with Crippen LogP contribution in [0, 0.1) is 5.92 Å². The van der Waals surface area contributed by atoms with E-state index in [-0.39, 0.29) is 11.9 Å². The molecule has 1 aromatic carbocycles. The fraction of sp³-hybridized carbons (Fsp3) is 0.444. The first-order chi connectivity index (χ1) is 11.2. The molecule has 2 aromatic rings. The molecular formula is C18H21N3O2. The number of hydrogen-bond donors (Lipinski definition) is 1. The van der Waals surface area contributed by atoms with E-state index in [1.165, 1.54) is 19.5 Å². The molecule has 2 saturated heterocycles. The van der Waals surface area contributed by atoms with Crippen LogP contribution in [0.5, 0.6) is 5.75 Å². The predicted octanol–water partition coefficient (Wildman–Crippen LogP) is 2.07. The molecule has 2 bridgehead atoms. The lowest BCUT2D eigenvalue weighted by atomic mass is 9.97. The van der Waals surface area contributed by atoms with Gasteiger partial charge in [-0.2, -0.15) is 0 Å². The van der Waals surface area contributed by atoms with Gasteiger partial charge in [0.05, 0.1) is 7.11 Å². The normalized spacial score (nSPS) is 26.2. The molecule has 1 amide bonds. The monoisotopic (exact) mass is 311 g/mol. The molecule has 3 heterocycles. The number of pyridine rings is 1. The number of carbonyl (C=O) groups excluding carboxylic acids is 1. The Labute approximate surface area is 135 Å². The number of rotatable bonds is 3. The van der Waals surface area contributed by atoms with Crippen LogP contribution < -0.4 is 10.1 Å². The van der Waals surface area contributed by atoms with Crippen LogP contribution in [0.25, 0.3) is 10.8 Å². The van der Waals surface area contributed by atoms with Crippen molar-refractivity contribution >= 4 is 16.7 Å². The van der Waals surface area contributed by atoms with Crippen LogP contribution in [0.4, 0.5) is 0 Å². The smallest absolute Gasteiger partial charge is 0.270 e. The first-order valence-electron chi connectivity index (χ1n) is 8.18. The van der Waals surface area contributed by atoms with E-state index in [1.54, 1.807) is 13.3 Å². The molecule has 0 aliphatic carbocycles.